The van der Waals surface area contributed by atoms with Gasteiger partial charge in [0.1, 0.15) is 0 Å². The predicted octanol–water partition coefficient (Wildman–Crippen LogP) is -0.916. The largest absolute Gasteiger partial charge is 4.00 e. The van der Waals surface area contributed by atoms with Gasteiger partial charge in [-0.3, -0.25) is 6.08 Å². The molecular weight excluding hydrogens is 384 g/mol. The van der Waals surface area contributed by atoms with Gasteiger partial charge in [0.05, 0.1) is 0 Å². The molecule has 0 saturated carbocycles. The van der Waals surface area contributed by atoms with Crippen molar-refractivity contribution in [2.75, 3.05) is 0 Å². The zero-order chi connectivity index (χ0) is 14.2. The van der Waals surface area contributed by atoms with Crippen molar-refractivity contribution >= 4 is 9.52 Å². The van der Waals surface area contributed by atoms with Gasteiger partial charge in [0.25, 0.3) is 0 Å². The van der Waals surface area contributed by atoms with Gasteiger partial charge in [-0.05, 0) is 0 Å². The average Bonchev–Trinajstić information content (AvgIpc) is 2.32. The van der Waals surface area contributed by atoms with E-state index < -0.39 is 0 Å². The van der Waals surface area contributed by atoms with E-state index in [0.29, 0.717) is 5.92 Å². The Balaban J connectivity index is -0.0000000601. The van der Waals surface area contributed by atoms with Crippen molar-refractivity contribution in [2.45, 2.75) is 67.1 Å². The summed E-state index contributed by atoms with van der Waals surface area (Å²) in [5.74, 6) is 0.560. The molecule has 0 aromatic heterocycles. The van der Waals surface area contributed by atoms with Gasteiger partial charge >= 0.3 is 26.2 Å². The zero-order valence-corrected chi connectivity index (χ0v) is 19.5. The molecule has 1 N–H and O–H groups in total. The van der Waals surface area contributed by atoms with Crippen LogP contribution in [-0.2, 0) is 26.2 Å². The maximum Gasteiger partial charge on any atom is 4.00 e. The number of hydrogen-bond donors (Lipinski definition) is 0. The first kappa shape index (κ1) is 32.9. The van der Waals surface area contributed by atoms with Crippen molar-refractivity contribution in [3.8, 4) is 0 Å². The molecule has 0 spiro atoms. The molecule has 0 fully saturated rings. The van der Waals surface area contributed by atoms with Crippen LogP contribution in [0.1, 0.15) is 48.5 Å². The third kappa shape index (κ3) is 21.4. The van der Waals surface area contributed by atoms with Crippen LogP contribution in [0.15, 0.2) is 16.7 Å². The Labute approximate surface area is 161 Å². The normalized spacial score (nSPS) is 16.1. The molecule has 0 aromatic carbocycles. The zero-order valence-electron chi connectivity index (χ0n) is 14.4. The maximum absolute atomic E-state index is 6.94. The summed E-state index contributed by atoms with van der Waals surface area (Å²) in [6.07, 6.45) is 3.36. The third-order valence-corrected chi connectivity index (χ3v) is 2.24. The first-order chi connectivity index (χ1) is 7.54. The Morgan fingerprint density at radius 3 is 1.35 bits per heavy atom. The molecule has 1 rings (SSSR count). The molecule has 1 unspecified atom stereocenters. The summed E-state index contributed by atoms with van der Waals surface area (Å²) in [6.45, 7) is 18.6. The summed E-state index contributed by atoms with van der Waals surface area (Å²) in [7, 11) is 0.750. The van der Waals surface area contributed by atoms with Crippen LogP contribution < -0.4 is 24.8 Å². The monoisotopic (exact) mass is 412 g/mol. The standard InChI is InChI=1S/C9H13.C4H10N.C2H7Si.2ClH.Zr/c1-6-5-7(2)9(4)8(6)3;1-4(2,3)5;1-3-2;;;/h6H,1-4H3;5H,1-3H3;3H,1-2H3;2*1H;/q2*-1;;;;+4/p-2. The van der Waals surface area contributed by atoms with Crippen LogP contribution in [0.4, 0.5) is 0 Å². The maximum atomic E-state index is 6.94. The summed E-state index contributed by atoms with van der Waals surface area (Å²) in [6, 6.07) is 0. The van der Waals surface area contributed by atoms with Crippen LogP contribution in [0, 0.1) is 12.0 Å². The summed E-state index contributed by atoms with van der Waals surface area (Å²) in [5.41, 5.74) is 10.9. The van der Waals surface area contributed by atoms with Crippen molar-refractivity contribution < 1.29 is 51.0 Å². The second kappa shape index (κ2) is 16.5. The van der Waals surface area contributed by atoms with E-state index >= 15 is 0 Å². The van der Waals surface area contributed by atoms with Crippen LogP contribution in [0.5, 0.6) is 0 Å². The van der Waals surface area contributed by atoms with Crippen LogP contribution in [0.25, 0.3) is 5.73 Å². The van der Waals surface area contributed by atoms with Gasteiger partial charge in [-0.2, -0.15) is 11.1 Å². The molecule has 1 aliphatic rings. The Morgan fingerprint density at radius 1 is 1.05 bits per heavy atom. The van der Waals surface area contributed by atoms with Gasteiger partial charge in [-0.15, -0.1) is 12.5 Å². The molecule has 117 valence electrons. The number of halogens is 2. The Morgan fingerprint density at radius 2 is 1.30 bits per heavy atom. The Hall–Kier alpha value is 1.12. The van der Waals surface area contributed by atoms with E-state index in [1.807, 2.05) is 20.8 Å². The van der Waals surface area contributed by atoms with Crippen LogP contribution in [0.2, 0.25) is 13.1 Å². The number of rotatable bonds is 0. The SMILES string of the molecule is CC(C)(C)[NH-].CC1=[C-]C(C)C(C)=C1C.C[SiH]C.[Cl-].[Cl-].[Zr+4]. The number of hydrogen-bond acceptors (Lipinski definition) is 0. The molecule has 1 atom stereocenters. The predicted molar refractivity (Wildman–Crippen MR) is 82.9 cm³/mol. The van der Waals surface area contributed by atoms with Crippen LogP contribution >= 0.6 is 0 Å². The quantitative estimate of drug-likeness (QED) is 0.362. The van der Waals surface area contributed by atoms with E-state index in [-0.39, 0.29) is 56.6 Å². The molecule has 1 aliphatic carbocycles. The van der Waals surface area contributed by atoms with Crippen molar-refractivity contribution in [3.63, 3.8) is 0 Å². The first-order valence-electron chi connectivity index (χ1n) is 6.31. The topological polar surface area (TPSA) is 23.8 Å². The minimum absolute atomic E-state index is 0. The molecule has 0 heterocycles. The van der Waals surface area contributed by atoms with Crippen molar-refractivity contribution in [1.29, 1.82) is 0 Å². The van der Waals surface area contributed by atoms with E-state index in [1.165, 1.54) is 16.7 Å². The van der Waals surface area contributed by atoms with Crippen molar-refractivity contribution in [1.82, 2.24) is 0 Å². The van der Waals surface area contributed by atoms with Gasteiger partial charge in [0.15, 0.2) is 0 Å². The smallest absolute Gasteiger partial charge is 1.00 e. The molecule has 0 saturated heterocycles. The molecule has 0 bridgehead atoms. The summed E-state index contributed by atoms with van der Waals surface area (Å²) in [5, 5.41) is 0. The molecule has 20 heavy (non-hydrogen) atoms. The molecule has 5 heteroatoms. The number of allylic oxidation sites excluding steroid dienone is 4. The van der Waals surface area contributed by atoms with E-state index in [0.717, 1.165) is 9.52 Å². The van der Waals surface area contributed by atoms with Gasteiger partial charge in [-0.25, -0.2) is 5.57 Å². The number of nitrogens with one attached hydrogen (secondary N) is 1. The fourth-order valence-electron chi connectivity index (χ4n) is 1.16. The fourth-order valence-corrected chi connectivity index (χ4v) is 1.16. The summed E-state index contributed by atoms with van der Waals surface area (Å²) < 4.78 is 0. The van der Waals surface area contributed by atoms with Crippen molar-refractivity contribution in [3.05, 3.63) is 28.5 Å². The van der Waals surface area contributed by atoms with E-state index in [2.05, 4.69) is 46.9 Å². The minimum atomic E-state index is -0.250. The average molecular weight is 415 g/mol. The van der Waals surface area contributed by atoms with Crippen LogP contribution in [-0.4, -0.2) is 15.1 Å². The molecule has 1 radical (unpaired) electrons. The van der Waals surface area contributed by atoms with E-state index in [4.69, 9.17) is 5.73 Å². The Bertz CT molecular complexity index is 278. The third-order valence-electron chi connectivity index (χ3n) is 2.24. The van der Waals surface area contributed by atoms with E-state index in [9.17, 15) is 0 Å². The minimum Gasteiger partial charge on any atom is -1.00 e. The molecule has 0 aliphatic heterocycles. The molecule has 0 aromatic rings. The van der Waals surface area contributed by atoms with Gasteiger partial charge < -0.3 is 30.5 Å². The second-order valence-electron chi connectivity index (χ2n) is 5.63. The van der Waals surface area contributed by atoms with Gasteiger partial charge in [0, 0.05) is 9.52 Å². The summed E-state index contributed by atoms with van der Waals surface area (Å²) >= 11 is 0. The second-order valence-corrected chi connectivity index (χ2v) is 6.78. The Kier molecular flexibility index (Phi) is 27.1. The molecular formula is C15H30Cl2NSiZr. The first-order valence-corrected chi connectivity index (χ1v) is 8.62. The van der Waals surface area contributed by atoms with Gasteiger partial charge in [-0.1, -0.05) is 60.6 Å². The van der Waals surface area contributed by atoms with Crippen LogP contribution in [0.3, 0.4) is 0 Å². The molecule has 0 amide bonds. The van der Waals surface area contributed by atoms with Crippen molar-refractivity contribution in [2.24, 2.45) is 5.92 Å². The van der Waals surface area contributed by atoms with E-state index in [1.54, 1.807) is 0 Å². The summed E-state index contributed by atoms with van der Waals surface area (Å²) in [4.78, 5) is 0. The fraction of sp³-hybridized carbons (Fsp3) is 0.733. The molecule has 1 nitrogen and oxygen atoms in total. The van der Waals surface area contributed by atoms with Gasteiger partial charge in [0.2, 0.25) is 0 Å².